The molecular formula is C16H17FN2O2. The molecule has 0 aliphatic carbocycles. The summed E-state index contributed by atoms with van der Waals surface area (Å²) < 4.78 is 18.6. The van der Waals surface area contributed by atoms with Crippen molar-refractivity contribution in [2.75, 3.05) is 6.54 Å². The van der Waals surface area contributed by atoms with Crippen molar-refractivity contribution < 1.29 is 13.6 Å². The Labute approximate surface area is 122 Å². The molecule has 4 nitrogen and oxygen atoms in total. The Bertz CT molecular complexity index is 621. The van der Waals surface area contributed by atoms with E-state index in [2.05, 4.69) is 10.6 Å². The molecular weight excluding hydrogens is 271 g/mol. The summed E-state index contributed by atoms with van der Waals surface area (Å²) in [5, 5.41) is 6.18. The van der Waals surface area contributed by atoms with E-state index in [4.69, 9.17) is 4.42 Å². The largest absolute Gasteiger partial charge is 0.460 e. The Morgan fingerprint density at radius 2 is 2.05 bits per heavy atom. The molecule has 1 aliphatic heterocycles. The summed E-state index contributed by atoms with van der Waals surface area (Å²) >= 11 is 0. The van der Waals surface area contributed by atoms with Crippen LogP contribution < -0.4 is 10.6 Å². The van der Waals surface area contributed by atoms with Gasteiger partial charge in [-0.25, -0.2) is 4.39 Å². The molecule has 3 rings (SSSR count). The number of hydrogen-bond donors (Lipinski definition) is 2. The molecule has 1 aromatic carbocycles. The monoisotopic (exact) mass is 288 g/mol. The summed E-state index contributed by atoms with van der Waals surface area (Å²) in [4.78, 5) is 11.1. The minimum Gasteiger partial charge on any atom is -0.460 e. The third-order valence-electron chi connectivity index (χ3n) is 3.57. The van der Waals surface area contributed by atoms with E-state index in [-0.39, 0.29) is 17.8 Å². The van der Waals surface area contributed by atoms with Gasteiger partial charge in [0.05, 0.1) is 6.54 Å². The number of carbonyl (C=O) groups excluding carboxylic acids is 1. The molecule has 110 valence electrons. The topological polar surface area (TPSA) is 54.3 Å². The molecule has 0 spiro atoms. The molecule has 0 saturated carbocycles. The smallest absolute Gasteiger partial charge is 0.220 e. The van der Waals surface area contributed by atoms with Crippen LogP contribution in [0, 0.1) is 5.82 Å². The van der Waals surface area contributed by atoms with Crippen LogP contribution in [-0.4, -0.2) is 18.5 Å². The molecule has 1 amide bonds. The van der Waals surface area contributed by atoms with Gasteiger partial charge in [0.1, 0.15) is 17.3 Å². The molecule has 0 radical (unpaired) electrons. The highest BCUT2D eigenvalue weighted by Gasteiger charge is 2.19. The van der Waals surface area contributed by atoms with Crippen molar-refractivity contribution in [2.24, 2.45) is 0 Å². The zero-order valence-corrected chi connectivity index (χ0v) is 11.6. The third-order valence-corrected chi connectivity index (χ3v) is 3.57. The molecule has 1 unspecified atom stereocenters. The van der Waals surface area contributed by atoms with Gasteiger partial charge in [-0.1, -0.05) is 0 Å². The molecule has 1 aliphatic rings. The second-order valence-corrected chi connectivity index (χ2v) is 5.21. The SMILES string of the molecule is O=C1CCC(CNCc2ccc(-c3ccc(F)cc3)o2)N1. The zero-order chi connectivity index (χ0) is 14.7. The quantitative estimate of drug-likeness (QED) is 0.888. The lowest BCUT2D eigenvalue weighted by atomic mass is 10.2. The molecule has 2 N–H and O–H groups in total. The van der Waals surface area contributed by atoms with Gasteiger partial charge in [0.15, 0.2) is 0 Å². The average molecular weight is 288 g/mol. The molecule has 2 aromatic rings. The van der Waals surface area contributed by atoms with E-state index in [1.54, 1.807) is 12.1 Å². The van der Waals surface area contributed by atoms with Gasteiger partial charge in [0.25, 0.3) is 0 Å². The molecule has 21 heavy (non-hydrogen) atoms. The van der Waals surface area contributed by atoms with Crippen LogP contribution in [0.25, 0.3) is 11.3 Å². The van der Waals surface area contributed by atoms with E-state index in [1.165, 1.54) is 12.1 Å². The van der Waals surface area contributed by atoms with Crippen molar-refractivity contribution in [1.29, 1.82) is 0 Å². The van der Waals surface area contributed by atoms with Gasteiger partial charge in [-0.3, -0.25) is 4.79 Å². The first-order valence-corrected chi connectivity index (χ1v) is 7.05. The van der Waals surface area contributed by atoms with Gasteiger partial charge in [-0.15, -0.1) is 0 Å². The number of hydrogen-bond acceptors (Lipinski definition) is 3. The van der Waals surface area contributed by atoms with E-state index in [0.29, 0.717) is 13.0 Å². The third kappa shape index (κ3) is 3.49. The fourth-order valence-corrected chi connectivity index (χ4v) is 2.44. The number of amides is 1. The first kappa shape index (κ1) is 13.8. The van der Waals surface area contributed by atoms with Gasteiger partial charge in [0.2, 0.25) is 5.91 Å². The minimum absolute atomic E-state index is 0.124. The van der Waals surface area contributed by atoms with Crippen LogP contribution in [0.5, 0.6) is 0 Å². The number of nitrogens with one attached hydrogen (secondary N) is 2. The predicted octanol–water partition coefficient (Wildman–Crippen LogP) is 2.45. The molecule has 0 bridgehead atoms. The van der Waals surface area contributed by atoms with E-state index < -0.39 is 0 Å². The Morgan fingerprint density at radius 1 is 1.24 bits per heavy atom. The first-order valence-electron chi connectivity index (χ1n) is 7.05. The van der Waals surface area contributed by atoms with Gasteiger partial charge in [-0.05, 0) is 42.8 Å². The molecule has 2 heterocycles. The lowest BCUT2D eigenvalue weighted by Gasteiger charge is -2.09. The van der Waals surface area contributed by atoms with Crippen LogP contribution in [-0.2, 0) is 11.3 Å². The molecule has 1 saturated heterocycles. The van der Waals surface area contributed by atoms with Crippen LogP contribution in [0.4, 0.5) is 4.39 Å². The second kappa shape index (κ2) is 6.10. The summed E-state index contributed by atoms with van der Waals surface area (Å²) in [5.41, 5.74) is 0.853. The Hall–Kier alpha value is -2.14. The maximum absolute atomic E-state index is 12.9. The van der Waals surface area contributed by atoms with Crippen molar-refractivity contribution in [3.63, 3.8) is 0 Å². The summed E-state index contributed by atoms with van der Waals surface area (Å²) in [6.45, 7) is 1.34. The van der Waals surface area contributed by atoms with E-state index in [0.717, 1.165) is 30.0 Å². The average Bonchev–Trinajstić information content (AvgIpc) is 3.09. The second-order valence-electron chi connectivity index (χ2n) is 5.21. The summed E-state index contributed by atoms with van der Waals surface area (Å²) in [6, 6.07) is 10.2. The van der Waals surface area contributed by atoms with Gasteiger partial charge < -0.3 is 15.1 Å². The van der Waals surface area contributed by atoms with Gasteiger partial charge in [-0.2, -0.15) is 0 Å². The number of carbonyl (C=O) groups is 1. The number of halogens is 1. The van der Waals surface area contributed by atoms with Crippen molar-refractivity contribution in [2.45, 2.75) is 25.4 Å². The lowest BCUT2D eigenvalue weighted by molar-refractivity contribution is -0.119. The van der Waals surface area contributed by atoms with Crippen LogP contribution >= 0.6 is 0 Å². The maximum Gasteiger partial charge on any atom is 0.220 e. The van der Waals surface area contributed by atoms with Crippen molar-refractivity contribution in [3.05, 3.63) is 48.0 Å². The molecule has 5 heteroatoms. The highest BCUT2D eigenvalue weighted by molar-refractivity contribution is 5.78. The van der Waals surface area contributed by atoms with E-state index in [1.807, 2.05) is 12.1 Å². The van der Waals surface area contributed by atoms with Gasteiger partial charge >= 0.3 is 0 Å². The summed E-state index contributed by atoms with van der Waals surface area (Å²) in [7, 11) is 0. The van der Waals surface area contributed by atoms with Crippen LogP contribution in [0.1, 0.15) is 18.6 Å². The normalized spacial score (nSPS) is 18.0. The number of furan rings is 1. The maximum atomic E-state index is 12.9. The Balaban J connectivity index is 1.53. The van der Waals surface area contributed by atoms with Crippen molar-refractivity contribution >= 4 is 5.91 Å². The van der Waals surface area contributed by atoms with E-state index in [9.17, 15) is 9.18 Å². The Morgan fingerprint density at radius 3 is 2.76 bits per heavy atom. The van der Waals surface area contributed by atoms with Crippen LogP contribution in [0.3, 0.4) is 0 Å². The Kier molecular flexibility index (Phi) is 4.01. The van der Waals surface area contributed by atoms with E-state index >= 15 is 0 Å². The number of benzene rings is 1. The number of rotatable bonds is 5. The fourth-order valence-electron chi connectivity index (χ4n) is 2.44. The summed E-state index contributed by atoms with van der Waals surface area (Å²) in [5.74, 6) is 1.41. The lowest BCUT2D eigenvalue weighted by Crippen LogP contribution is -2.35. The highest BCUT2D eigenvalue weighted by Crippen LogP contribution is 2.22. The van der Waals surface area contributed by atoms with Crippen LogP contribution in [0.2, 0.25) is 0 Å². The first-order chi connectivity index (χ1) is 10.2. The predicted molar refractivity (Wildman–Crippen MR) is 77.0 cm³/mol. The van der Waals surface area contributed by atoms with Crippen LogP contribution in [0.15, 0.2) is 40.8 Å². The fraction of sp³-hybridized carbons (Fsp3) is 0.312. The standard InChI is InChI=1S/C16H17FN2O2/c17-12-3-1-11(2-4-12)15-7-6-14(21-15)10-18-9-13-5-8-16(20)19-13/h1-4,6-7,13,18H,5,8-10H2,(H,19,20). The molecule has 1 aromatic heterocycles. The molecule has 1 atom stereocenters. The highest BCUT2D eigenvalue weighted by atomic mass is 19.1. The zero-order valence-electron chi connectivity index (χ0n) is 11.6. The molecule has 1 fully saturated rings. The van der Waals surface area contributed by atoms with Crippen molar-refractivity contribution in [1.82, 2.24) is 10.6 Å². The minimum atomic E-state index is -0.259. The van der Waals surface area contributed by atoms with Crippen molar-refractivity contribution in [3.8, 4) is 11.3 Å². The summed E-state index contributed by atoms with van der Waals surface area (Å²) in [6.07, 6.45) is 1.49. The van der Waals surface area contributed by atoms with Gasteiger partial charge in [0, 0.05) is 24.6 Å².